The van der Waals surface area contributed by atoms with Crippen LogP contribution in [0.3, 0.4) is 0 Å². The molecule has 0 saturated carbocycles. The van der Waals surface area contributed by atoms with Crippen molar-refractivity contribution in [2.24, 2.45) is 0 Å². The fourth-order valence-electron chi connectivity index (χ4n) is 1.57. The van der Waals surface area contributed by atoms with Gasteiger partial charge in [-0.05, 0) is 42.8 Å². The zero-order chi connectivity index (χ0) is 13.1. The van der Waals surface area contributed by atoms with Crippen molar-refractivity contribution in [2.45, 2.75) is 6.92 Å². The zero-order valence-electron chi connectivity index (χ0n) is 9.73. The van der Waals surface area contributed by atoms with Gasteiger partial charge in [-0.2, -0.15) is 4.74 Å². The standard InChI is InChI=1S/C14H11Cl2NO/c1-10-8-13(16)3-2-11(10)9-17(18)14-6-4-12(15)5-7-14/h2-9H,1H3. The Kier molecular flexibility index (Phi) is 3.90. The summed E-state index contributed by atoms with van der Waals surface area (Å²) >= 11 is 11.6. The van der Waals surface area contributed by atoms with Crippen LogP contribution in [0.2, 0.25) is 10.0 Å². The summed E-state index contributed by atoms with van der Waals surface area (Å²) in [6, 6.07) is 12.1. The van der Waals surface area contributed by atoms with E-state index in [1.165, 1.54) is 6.21 Å². The summed E-state index contributed by atoms with van der Waals surface area (Å²) in [4.78, 5) is 0. The summed E-state index contributed by atoms with van der Waals surface area (Å²) in [5, 5.41) is 13.2. The summed E-state index contributed by atoms with van der Waals surface area (Å²) in [5.41, 5.74) is 2.33. The van der Waals surface area contributed by atoms with Crippen LogP contribution < -0.4 is 0 Å². The highest BCUT2D eigenvalue weighted by Gasteiger charge is 2.04. The Morgan fingerprint density at radius 2 is 1.61 bits per heavy atom. The molecule has 0 fully saturated rings. The highest BCUT2D eigenvalue weighted by molar-refractivity contribution is 6.31. The number of halogens is 2. The minimum atomic E-state index is 0.536. The molecule has 0 aliphatic rings. The van der Waals surface area contributed by atoms with E-state index in [0.717, 1.165) is 15.9 Å². The second-order valence-corrected chi connectivity index (χ2v) is 4.81. The fourth-order valence-corrected chi connectivity index (χ4v) is 1.93. The van der Waals surface area contributed by atoms with Crippen molar-refractivity contribution in [1.29, 1.82) is 0 Å². The molecule has 2 aromatic rings. The summed E-state index contributed by atoms with van der Waals surface area (Å²) in [7, 11) is 0. The van der Waals surface area contributed by atoms with Gasteiger partial charge in [0.15, 0.2) is 6.21 Å². The predicted octanol–water partition coefficient (Wildman–Crippen LogP) is 4.56. The first-order valence-corrected chi connectivity index (χ1v) is 6.15. The molecule has 2 rings (SSSR count). The Morgan fingerprint density at radius 3 is 2.22 bits per heavy atom. The van der Waals surface area contributed by atoms with Gasteiger partial charge >= 0.3 is 0 Å². The number of nitrogens with zero attached hydrogens (tertiary/aromatic N) is 1. The van der Waals surface area contributed by atoms with Gasteiger partial charge in [0.25, 0.3) is 0 Å². The van der Waals surface area contributed by atoms with Crippen molar-refractivity contribution < 1.29 is 4.74 Å². The molecule has 2 nitrogen and oxygen atoms in total. The first-order chi connectivity index (χ1) is 8.56. The molecule has 0 unspecified atom stereocenters. The van der Waals surface area contributed by atoms with Crippen molar-refractivity contribution >= 4 is 35.1 Å². The third-order valence-corrected chi connectivity index (χ3v) is 3.06. The molecule has 0 aromatic heterocycles. The van der Waals surface area contributed by atoms with Gasteiger partial charge in [0.2, 0.25) is 5.69 Å². The third kappa shape index (κ3) is 3.03. The molecule has 0 saturated heterocycles. The normalized spacial score (nSPS) is 11.6. The molecule has 0 amide bonds. The van der Waals surface area contributed by atoms with Crippen LogP contribution in [0, 0.1) is 12.1 Å². The van der Waals surface area contributed by atoms with Gasteiger partial charge in [-0.3, -0.25) is 0 Å². The van der Waals surface area contributed by atoms with Crippen molar-refractivity contribution in [1.82, 2.24) is 0 Å². The Labute approximate surface area is 116 Å². The van der Waals surface area contributed by atoms with Crippen LogP contribution >= 0.6 is 23.2 Å². The lowest BCUT2D eigenvalue weighted by Crippen LogP contribution is -2.00. The molecule has 2 aromatic carbocycles. The highest BCUT2D eigenvalue weighted by Crippen LogP contribution is 2.17. The zero-order valence-corrected chi connectivity index (χ0v) is 11.2. The molecule has 0 aliphatic carbocycles. The van der Waals surface area contributed by atoms with Gasteiger partial charge in [0.05, 0.1) is 0 Å². The number of aryl methyl sites for hydroxylation is 1. The van der Waals surface area contributed by atoms with Crippen LogP contribution in [0.1, 0.15) is 11.1 Å². The average Bonchev–Trinajstić information content (AvgIpc) is 2.33. The molecule has 0 bridgehead atoms. The van der Waals surface area contributed by atoms with E-state index in [1.54, 1.807) is 30.3 Å². The van der Waals surface area contributed by atoms with Crippen LogP contribution in [0.15, 0.2) is 42.5 Å². The highest BCUT2D eigenvalue weighted by atomic mass is 35.5. The molecule has 4 heteroatoms. The summed E-state index contributed by atoms with van der Waals surface area (Å²) in [6.07, 6.45) is 1.52. The largest absolute Gasteiger partial charge is 0.618 e. The minimum Gasteiger partial charge on any atom is -0.618 e. The number of hydrogen-bond acceptors (Lipinski definition) is 1. The fraction of sp³-hybridized carbons (Fsp3) is 0.0714. The summed E-state index contributed by atoms with van der Waals surface area (Å²) in [5.74, 6) is 0. The third-order valence-electron chi connectivity index (χ3n) is 2.57. The number of hydrogen-bond donors (Lipinski definition) is 0. The monoisotopic (exact) mass is 279 g/mol. The lowest BCUT2D eigenvalue weighted by atomic mass is 10.1. The van der Waals surface area contributed by atoms with Gasteiger partial charge in [-0.1, -0.05) is 23.2 Å². The van der Waals surface area contributed by atoms with E-state index in [-0.39, 0.29) is 0 Å². The first kappa shape index (κ1) is 12.9. The predicted molar refractivity (Wildman–Crippen MR) is 76.1 cm³/mol. The molecule has 0 radical (unpaired) electrons. The second kappa shape index (κ2) is 5.42. The smallest absolute Gasteiger partial charge is 0.216 e. The van der Waals surface area contributed by atoms with Crippen LogP contribution in [-0.2, 0) is 0 Å². The maximum atomic E-state index is 11.9. The molecule has 0 heterocycles. The van der Waals surface area contributed by atoms with Gasteiger partial charge in [-0.25, -0.2) is 0 Å². The molecular formula is C14H11Cl2NO. The Hall–Kier alpha value is -1.51. The van der Waals surface area contributed by atoms with E-state index >= 15 is 0 Å². The van der Waals surface area contributed by atoms with Gasteiger partial charge in [-0.15, -0.1) is 0 Å². The van der Waals surface area contributed by atoms with E-state index in [9.17, 15) is 5.21 Å². The van der Waals surface area contributed by atoms with Crippen LogP contribution in [-0.4, -0.2) is 11.0 Å². The van der Waals surface area contributed by atoms with Gasteiger partial charge in [0.1, 0.15) is 0 Å². The maximum absolute atomic E-state index is 11.9. The van der Waals surface area contributed by atoms with E-state index in [0.29, 0.717) is 15.7 Å². The quantitative estimate of drug-likeness (QED) is 0.342. The van der Waals surface area contributed by atoms with E-state index in [1.807, 2.05) is 19.1 Å². The molecule has 18 heavy (non-hydrogen) atoms. The molecule has 0 atom stereocenters. The molecular weight excluding hydrogens is 269 g/mol. The van der Waals surface area contributed by atoms with E-state index < -0.39 is 0 Å². The minimum absolute atomic E-state index is 0.536. The molecule has 0 spiro atoms. The van der Waals surface area contributed by atoms with E-state index in [2.05, 4.69) is 0 Å². The average molecular weight is 280 g/mol. The molecule has 0 aliphatic heterocycles. The maximum Gasteiger partial charge on any atom is 0.216 e. The topological polar surface area (TPSA) is 26.1 Å². The Bertz CT molecular complexity index is 591. The van der Waals surface area contributed by atoms with Crippen molar-refractivity contribution in [3.8, 4) is 0 Å². The number of rotatable bonds is 2. The van der Waals surface area contributed by atoms with Crippen LogP contribution in [0.4, 0.5) is 5.69 Å². The summed E-state index contributed by atoms with van der Waals surface area (Å²) in [6.45, 7) is 1.91. The van der Waals surface area contributed by atoms with Crippen LogP contribution in [0.25, 0.3) is 0 Å². The molecule has 92 valence electrons. The molecule has 0 N–H and O–H groups in total. The Morgan fingerprint density at radius 1 is 1.00 bits per heavy atom. The van der Waals surface area contributed by atoms with Crippen LogP contribution in [0.5, 0.6) is 0 Å². The summed E-state index contributed by atoms with van der Waals surface area (Å²) < 4.78 is 0.812. The Balaban J connectivity index is 2.35. The van der Waals surface area contributed by atoms with E-state index in [4.69, 9.17) is 23.2 Å². The van der Waals surface area contributed by atoms with Crippen molar-refractivity contribution in [2.75, 3.05) is 0 Å². The van der Waals surface area contributed by atoms with Crippen molar-refractivity contribution in [3.63, 3.8) is 0 Å². The lowest BCUT2D eigenvalue weighted by Gasteiger charge is -2.04. The SMILES string of the molecule is Cc1cc(Cl)ccc1C=[N+]([O-])c1ccc(Cl)cc1. The van der Waals surface area contributed by atoms with Crippen molar-refractivity contribution in [3.05, 3.63) is 68.8 Å². The van der Waals surface area contributed by atoms with Gasteiger partial charge < -0.3 is 5.21 Å². The second-order valence-electron chi connectivity index (χ2n) is 3.93. The number of benzene rings is 2. The van der Waals surface area contributed by atoms with Gasteiger partial charge in [0, 0.05) is 27.7 Å². The lowest BCUT2D eigenvalue weighted by molar-refractivity contribution is -0.354. The first-order valence-electron chi connectivity index (χ1n) is 5.39.